The number of carbonyl (C=O) groups excluding carboxylic acids is 2. The van der Waals surface area contributed by atoms with Gasteiger partial charge < -0.3 is 10.1 Å². The summed E-state index contributed by atoms with van der Waals surface area (Å²) in [5.41, 5.74) is 4.71. The summed E-state index contributed by atoms with van der Waals surface area (Å²) in [6.45, 7) is 9.22. The van der Waals surface area contributed by atoms with Gasteiger partial charge in [0, 0.05) is 12.6 Å². The quantitative estimate of drug-likeness (QED) is 0.596. The number of aryl methyl sites for hydroxylation is 4. The number of rotatable bonds is 6. The zero-order valence-corrected chi connectivity index (χ0v) is 18.2. The molecule has 3 rings (SSSR count). The molecular weight excluding hydrogens is 378 g/mol. The van der Waals surface area contributed by atoms with Crippen molar-refractivity contribution in [1.29, 1.82) is 0 Å². The number of hydrogen-bond acceptors (Lipinski definition) is 4. The van der Waals surface area contributed by atoms with Crippen molar-refractivity contribution in [3.63, 3.8) is 0 Å². The number of ketones is 1. The molecule has 0 saturated carbocycles. The largest absolute Gasteiger partial charge is 0.438 e. The highest BCUT2D eigenvalue weighted by molar-refractivity contribution is 5.98. The van der Waals surface area contributed by atoms with E-state index in [2.05, 4.69) is 16.5 Å². The molecule has 1 N–H and O–H groups in total. The summed E-state index contributed by atoms with van der Waals surface area (Å²) in [7, 11) is 1.76. The van der Waals surface area contributed by atoms with Gasteiger partial charge in [-0.05, 0) is 63.4 Å². The average molecular weight is 405 g/mol. The van der Waals surface area contributed by atoms with Crippen LogP contribution in [0, 0.1) is 20.8 Å². The van der Waals surface area contributed by atoms with Crippen LogP contribution in [0.5, 0.6) is 11.6 Å². The second kappa shape index (κ2) is 8.53. The van der Waals surface area contributed by atoms with E-state index in [1.807, 2.05) is 45.0 Å². The monoisotopic (exact) mass is 405 g/mol. The summed E-state index contributed by atoms with van der Waals surface area (Å²) in [6, 6.07) is 12.9. The van der Waals surface area contributed by atoms with Crippen LogP contribution in [0.2, 0.25) is 0 Å². The number of Topliss-reactive ketones (excluding diaryl/α,β-unsaturated/α-hetero) is 1. The molecule has 6 nitrogen and oxygen atoms in total. The Bertz CT molecular complexity index is 1080. The van der Waals surface area contributed by atoms with Crippen LogP contribution in [0.15, 0.2) is 42.5 Å². The van der Waals surface area contributed by atoms with Crippen molar-refractivity contribution in [2.45, 2.75) is 40.7 Å². The van der Waals surface area contributed by atoms with Gasteiger partial charge in [0.2, 0.25) is 5.88 Å². The van der Waals surface area contributed by atoms with E-state index in [1.165, 1.54) is 6.92 Å². The lowest BCUT2D eigenvalue weighted by Gasteiger charge is -2.16. The highest BCUT2D eigenvalue weighted by Crippen LogP contribution is 2.29. The van der Waals surface area contributed by atoms with Crippen LogP contribution < -0.4 is 10.1 Å². The fourth-order valence-corrected chi connectivity index (χ4v) is 3.48. The van der Waals surface area contributed by atoms with E-state index in [1.54, 1.807) is 30.8 Å². The van der Waals surface area contributed by atoms with Gasteiger partial charge in [0.1, 0.15) is 11.3 Å². The van der Waals surface area contributed by atoms with Crippen LogP contribution >= 0.6 is 0 Å². The van der Waals surface area contributed by atoms with Crippen molar-refractivity contribution in [3.8, 4) is 11.6 Å². The maximum Gasteiger partial charge on any atom is 0.259 e. The minimum absolute atomic E-state index is 0.0115. The molecule has 1 atom stereocenters. The number of hydrogen-bond donors (Lipinski definition) is 1. The van der Waals surface area contributed by atoms with Crippen molar-refractivity contribution < 1.29 is 14.3 Å². The fraction of sp³-hybridized carbons (Fsp3) is 0.292. The Kier molecular flexibility index (Phi) is 6.06. The molecule has 0 aliphatic heterocycles. The van der Waals surface area contributed by atoms with E-state index < -0.39 is 0 Å². The van der Waals surface area contributed by atoms with Crippen molar-refractivity contribution in [3.05, 3.63) is 76.0 Å². The zero-order valence-electron chi connectivity index (χ0n) is 18.2. The van der Waals surface area contributed by atoms with Gasteiger partial charge in [-0.2, -0.15) is 5.10 Å². The number of benzene rings is 2. The van der Waals surface area contributed by atoms with Gasteiger partial charge in [-0.3, -0.25) is 9.59 Å². The molecule has 0 unspecified atom stereocenters. The van der Waals surface area contributed by atoms with Crippen molar-refractivity contribution in [2.24, 2.45) is 7.05 Å². The molecule has 0 saturated heterocycles. The number of nitrogens with zero attached hydrogens (tertiary/aromatic N) is 2. The Morgan fingerprint density at radius 3 is 2.20 bits per heavy atom. The van der Waals surface area contributed by atoms with E-state index in [0.29, 0.717) is 28.5 Å². The predicted octanol–water partition coefficient (Wildman–Crippen LogP) is 4.83. The lowest BCUT2D eigenvalue weighted by Crippen LogP contribution is -2.27. The van der Waals surface area contributed by atoms with Crippen LogP contribution in [0.4, 0.5) is 0 Å². The third-order valence-corrected chi connectivity index (χ3v) is 4.97. The second-order valence-corrected chi connectivity index (χ2v) is 7.69. The standard InChI is InChI=1S/C24H27N3O3/c1-14-11-15(2)13-21(12-14)30-24-22(17(4)26-27(24)6)23(29)25-16(3)19-7-9-20(10-8-19)18(5)28/h7-13,16H,1-6H3,(H,25,29)/t16-/m0/s1. The van der Waals surface area contributed by atoms with Gasteiger partial charge in [-0.15, -0.1) is 0 Å². The summed E-state index contributed by atoms with van der Waals surface area (Å²) in [5.74, 6) is 0.812. The molecule has 0 bridgehead atoms. The highest BCUT2D eigenvalue weighted by Gasteiger charge is 2.24. The molecule has 1 amide bonds. The van der Waals surface area contributed by atoms with Crippen LogP contribution in [0.25, 0.3) is 0 Å². The maximum absolute atomic E-state index is 13.1. The first kappa shape index (κ1) is 21.3. The number of amides is 1. The smallest absolute Gasteiger partial charge is 0.259 e. The van der Waals surface area contributed by atoms with E-state index in [-0.39, 0.29) is 17.7 Å². The van der Waals surface area contributed by atoms with Gasteiger partial charge in [0.25, 0.3) is 5.91 Å². The van der Waals surface area contributed by atoms with Crippen LogP contribution in [0.1, 0.15) is 63.0 Å². The molecule has 3 aromatic rings. The predicted molar refractivity (Wildman–Crippen MR) is 116 cm³/mol. The third-order valence-electron chi connectivity index (χ3n) is 4.97. The van der Waals surface area contributed by atoms with Crippen LogP contribution in [0.3, 0.4) is 0 Å². The molecule has 0 fully saturated rings. The van der Waals surface area contributed by atoms with Gasteiger partial charge in [0.05, 0.1) is 11.7 Å². The minimum Gasteiger partial charge on any atom is -0.438 e. The fourth-order valence-electron chi connectivity index (χ4n) is 3.48. The Labute approximate surface area is 176 Å². The number of ether oxygens (including phenoxy) is 1. The van der Waals surface area contributed by atoms with E-state index in [4.69, 9.17) is 4.74 Å². The molecule has 1 aromatic heterocycles. The molecule has 0 aliphatic carbocycles. The average Bonchev–Trinajstić information content (AvgIpc) is 2.94. The van der Waals surface area contributed by atoms with Gasteiger partial charge in [0.15, 0.2) is 5.78 Å². The molecule has 156 valence electrons. The lowest BCUT2D eigenvalue weighted by molar-refractivity contribution is 0.0935. The first-order chi connectivity index (χ1) is 14.2. The highest BCUT2D eigenvalue weighted by atomic mass is 16.5. The van der Waals surface area contributed by atoms with E-state index >= 15 is 0 Å². The van der Waals surface area contributed by atoms with Gasteiger partial charge in [-0.1, -0.05) is 30.3 Å². The molecule has 0 spiro atoms. The molecule has 0 radical (unpaired) electrons. The van der Waals surface area contributed by atoms with Crippen molar-refractivity contribution in [1.82, 2.24) is 15.1 Å². The summed E-state index contributed by atoms with van der Waals surface area (Å²) in [5, 5.41) is 7.38. The number of aromatic nitrogens is 2. The van der Waals surface area contributed by atoms with E-state index in [0.717, 1.165) is 16.7 Å². The Hall–Kier alpha value is -3.41. The SMILES string of the molecule is CC(=O)c1ccc([C@H](C)NC(=O)c2c(C)nn(C)c2Oc2cc(C)cc(C)c2)cc1. The summed E-state index contributed by atoms with van der Waals surface area (Å²) >= 11 is 0. The Balaban J connectivity index is 1.84. The van der Waals surface area contributed by atoms with E-state index in [9.17, 15) is 9.59 Å². The summed E-state index contributed by atoms with van der Waals surface area (Å²) in [4.78, 5) is 24.5. The topological polar surface area (TPSA) is 73.2 Å². The molecule has 6 heteroatoms. The Morgan fingerprint density at radius 1 is 1.03 bits per heavy atom. The number of nitrogens with one attached hydrogen (secondary N) is 1. The molecular formula is C24H27N3O3. The molecule has 2 aromatic carbocycles. The minimum atomic E-state index is -0.261. The second-order valence-electron chi connectivity index (χ2n) is 7.69. The van der Waals surface area contributed by atoms with Crippen molar-refractivity contribution in [2.75, 3.05) is 0 Å². The zero-order chi connectivity index (χ0) is 22.0. The van der Waals surface area contributed by atoms with Gasteiger partial charge >= 0.3 is 0 Å². The molecule has 1 heterocycles. The summed E-state index contributed by atoms with van der Waals surface area (Å²) in [6.07, 6.45) is 0. The molecule has 30 heavy (non-hydrogen) atoms. The van der Waals surface area contributed by atoms with Crippen molar-refractivity contribution >= 4 is 11.7 Å². The normalized spacial score (nSPS) is 11.8. The Morgan fingerprint density at radius 2 is 1.63 bits per heavy atom. The number of carbonyl (C=O) groups is 2. The molecule has 0 aliphatic rings. The maximum atomic E-state index is 13.1. The lowest BCUT2D eigenvalue weighted by atomic mass is 10.0. The van der Waals surface area contributed by atoms with Crippen LogP contribution in [-0.2, 0) is 7.05 Å². The first-order valence-corrected chi connectivity index (χ1v) is 9.87. The third kappa shape index (κ3) is 4.59. The van der Waals surface area contributed by atoms with Gasteiger partial charge in [-0.25, -0.2) is 4.68 Å². The van der Waals surface area contributed by atoms with Crippen LogP contribution in [-0.4, -0.2) is 21.5 Å². The first-order valence-electron chi connectivity index (χ1n) is 9.87. The summed E-state index contributed by atoms with van der Waals surface area (Å²) < 4.78 is 7.65.